The molecule has 0 saturated carbocycles. The monoisotopic (exact) mass is 448 g/mol. The number of amides is 2. The first kappa shape index (κ1) is 22.2. The number of carbonyl (C=O) groups is 2. The predicted molar refractivity (Wildman–Crippen MR) is 128 cm³/mol. The molecule has 0 aliphatic carbocycles. The van der Waals surface area contributed by atoms with E-state index in [2.05, 4.69) is 24.4 Å². The number of thiophene rings is 1. The predicted octanol–water partition coefficient (Wildman–Crippen LogP) is 4.74. The van der Waals surface area contributed by atoms with Gasteiger partial charge in [-0.25, -0.2) is 0 Å². The summed E-state index contributed by atoms with van der Waals surface area (Å²) in [5.74, 6) is -0.0370. The van der Waals surface area contributed by atoms with Crippen LogP contribution in [-0.2, 0) is 22.5 Å². The van der Waals surface area contributed by atoms with Crippen molar-refractivity contribution >= 4 is 28.8 Å². The summed E-state index contributed by atoms with van der Waals surface area (Å²) in [5, 5.41) is 4.87. The average molecular weight is 449 g/mol. The van der Waals surface area contributed by atoms with Gasteiger partial charge in [0.1, 0.15) is 0 Å². The van der Waals surface area contributed by atoms with Gasteiger partial charge in [-0.15, -0.1) is 11.3 Å². The van der Waals surface area contributed by atoms with Crippen LogP contribution in [0.2, 0.25) is 0 Å². The van der Waals surface area contributed by atoms with Crippen LogP contribution in [0.5, 0.6) is 0 Å². The summed E-state index contributed by atoms with van der Waals surface area (Å²) in [6, 6.07) is 19.5. The van der Waals surface area contributed by atoms with Crippen LogP contribution in [0.25, 0.3) is 0 Å². The Morgan fingerprint density at radius 1 is 1.09 bits per heavy atom. The highest BCUT2D eigenvalue weighted by Crippen LogP contribution is 2.24. The normalized spacial score (nSPS) is 15.5. The molecular formula is C26H28N2O3S. The van der Waals surface area contributed by atoms with Crippen LogP contribution in [0.1, 0.15) is 39.2 Å². The highest BCUT2D eigenvalue weighted by atomic mass is 32.1. The van der Waals surface area contributed by atoms with Gasteiger partial charge in [0.25, 0.3) is 5.91 Å². The van der Waals surface area contributed by atoms with E-state index in [9.17, 15) is 9.59 Å². The smallest absolute Gasteiger partial charge is 0.268 e. The Balaban J connectivity index is 1.46. The van der Waals surface area contributed by atoms with Crippen molar-refractivity contribution < 1.29 is 14.3 Å². The first-order chi connectivity index (χ1) is 15.6. The molecule has 1 aliphatic rings. The van der Waals surface area contributed by atoms with Crippen LogP contribution in [-0.4, -0.2) is 31.1 Å². The lowest BCUT2D eigenvalue weighted by Crippen LogP contribution is -2.32. The van der Waals surface area contributed by atoms with Crippen LogP contribution in [0.15, 0.2) is 66.0 Å². The van der Waals surface area contributed by atoms with Gasteiger partial charge >= 0.3 is 0 Å². The number of rotatable bonds is 8. The van der Waals surface area contributed by atoms with Gasteiger partial charge in [0.15, 0.2) is 0 Å². The van der Waals surface area contributed by atoms with Gasteiger partial charge in [-0.3, -0.25) is 9.59 Å². The topological polar surface area (TPSA) is 58.6 Å². The second-order valence-corrected chi connectivity index (χ2v) is 9.03. The van der Waals surface area contributed by atoms with Crippen LogP contribution in [0.3, 0.4) is 0 Å². The molecule has 5 nitrogen and oxygen atoms in total. The lowest BCUT2D eigenvalue weighted by Gasteiger charge is -2.23. The van der Waals surface area contributed by atoms with E-state index in [1.807, 2.05) is 53.9 Å². The summed E-state index contributed by atoms with van der Waals surface area (Å²) in [4.78, 5) is 28.1. The Kier molecular flexibility index (Phi) is 7.35. The molecule has 1 atom stereocenters. The van der Waals surface area contributed by atoms with Crippen molar-refractivity contribution in [1.29, 1.82) is 0 Å². The molecule has 32 heavy (non-hydrogen) atoms. The number of hydrogen-bond donors (Lipinski definition) is 1. The Morgan fingerprint density at radius 2 is 1.91 bits per heavy atom. The molecule has 1 N–H and O–H groups in total. The van der Waals surface area contributed by atoms with Gasteiger partial charge < -0.3 is 15.0 Å². The molecule has 2 aromatic carbocycles. The molecule has 0 radical (unpaired) electrons. The van der Waals surface area contributed by atoms with E-state index in [1.165, 1.54) is 11.3 Å². The summed E-state index contributed by atoms with van der Waals surface area (Å²) in [5.41, 5.74) is 3.99. The second kappa shape index (κ2) is 10.6. The largest absolute Gasteiger partial charge is 0.376 e. The van der Waals surface area contributed by atoms with E-state index >= 15 is 0 Å². The number of ether oxygens (including phenoxy) is 1. The van der Waals surface area contributed by atoms with Gasteiger partial charge in [-0.2, -0.15) is 0 Å². The zero-order chi connectivity index (χ0) is 22.3. The van der Waals surface area contributed by atoms with Crippen molar-refractivity contribution in [3.63, 3.8) is 0 Å². The van der Waals surface area contributed by atoms with Crippen LogP contribution in [0.4, 0.5) is 5.69 Å². The zero-order valence-corrected chi connectivity index (χ0v) is 19.1. The highest BCUT2D eigenvalue weighted by molar-refractivity contribution is 7.12. The molecular weight excluding hydrogens is 420 g/mol. The number of aryl methyl sites for hydroxylation is 1. The molecule has 3 aromatic rings. The fourth-order valence-corrected chi connectivity index (χ4v) is 4.52. The lowest BCUT2D eigenvalue weighted by atomic mass is 10.1. The molecule has 6 heteroatoms. The van der Waals surface area contributed by atoms with Crippen molar-refractivity contribution in [3.8, 4) is 0 Å². The number of benzene rings is 2. The molecule has 1 aliphatic heterocycles. The van der Waals surface area contributed by atoms with Crippen molar-refractivity contribution in [2.75, 3.05) is 18.1 Å². The van der Waals surface area contributed by atoms with Gasteiger partial charge in [0.2, 0.25) is 5.91 Å². The van der Waals surface area contributed by atoms with Crippen molar-refractivity contribution in [2.45, 2.75) is 38.8 Å². The minimum Gasteiger partial charge on any atom is -0.376 e. The van der Waals surface area contributed by atoms with Crippen LogP contribution in [0, 0.1) is 6.92 Å². The fourth-order valence-electron chi connectivity index (χ4n) is 3.85. The number of anilines is 1. The van der Waals surface area contributed by atoms with Crippen molar-refractivity contribution in [1.82, 2.24) is 5.32 Å². The molecule has 4 rings (SSSR count). The molecule has 0 unspecified atom stereocenters. The molecule has 0 spiro atoms. The summed E-state index contributed by atoms with van der Waals surface area (Å²) in [7, 11) is 0. The summed E-state index contributed by atoms with van der Waals surface area (Å²) >= 11 is 1.44. The summed E-state index contributed by atoms with van der Waals surface area (Å²) in [6.07, 6.45) is 2.51. The van der Waals surface area contributed by atoms with E-state index in [0.29, 0.717) is 24.4 Å². The highest BCUT2D eigenvalue weighted by Gasteiger charge is 2.20. The van der Waals surface area contributed by atoms with Gasteiger partial charge in [0.05, 0.1) is 23.9 Å². The third-order valence-electron chi connectivity index (χ3n) is 5.73. The third-order valence-corrected chi connectivity index (χ3v) is 6.59. The Morgan fingerprint density at radius 3 is 2.59 bits per heavy atom. The second-order valence-electron chi connectivity index (χ2n) is 8.08. The number of hydrogen-bond acceptors (Lipinski definition) is 4. The quantitative estimate of drug-likeness (QED) is 0.541. The number of nitrogens with one attached hydrogen (secondary N) is 1. The minimum atomic E-state index is -0.0229. The van der Waals surface area contributed by atoms with Gasteiger partial charge in [-0.05, 0) is 60.0 Å². The maximum atomic E-state index is 13.3. The molecule has 2 heterocycles. The van der Waals surface area contributed by atoms with E-state index in [0.717, 1.165) is 41.8 Å². The maximum absolute atomic E-state index is 13.3. The average Bonchev–Trinajstić information content (AvgIpc) is 3.52. The fraction of sp³-hybridized carbons (Fsp3) is 0.308. The van der Waals surface area contributed by atoms with Gasteiger partial charge in [-0.1, -0.05) is 42.5 Å². The van der Waals surface area contributed by atoms with E-state index < -0.39 is 0 Å². The standard InChI is InChI=1S/C26H28N2O3S/c1-19-6-2-3-7-21(19)18-28(26(30)24-9-5-15-32-24)22-12-10-20(11-13-22)16-25(29)27-17-23-8-4-14-31-23/h2-3,5-7,9-13,15,23H,4,8,14,16-18H2,1H3,(H,27,29)/t23-/m0/s1. The van der Waals surface area contributed by atoms with Crippen LogP contribution >= 0.6 is 11.3 Å². The van der Waals surface area contributed by atoms with E-state index in [1.54, 1.807) is 4.90 Å². The SMILES string of the molecule is Cc1ccccc1CN(C(=O)c1cccs1)c1ccc(CC(=O)NC[C@@H]2CCCO2)cc1. The Bertz CT molecular complexity index is 1040. The Hall–Kier alpha value is -2.96. The van der Waals surface area contributed by atoms with E-state index in [-0.39, 0.29) is 17.9 Å². The van der Waals surface area contributed by atoms with Crippen molar-refractivity contribution in [3.05, 3.63) is 87.6 Å². The molecule has 1 fully saturated rings. The number of carbonyl (C=O) groups excluding carboxylic acids is 2. The lowest BCUT2D eigenvalue weighted by molar-refractivity contribution is -0.120. The van der Waals surface area contributed by atoms with Crippen LogP contribution < -0.4 is 10.2 Å². The first-order valence-corrected chi connectivity index (χ1v) is 11.9. The molecule has 166 valence electrons. The zero-order valence-electron chi connectivity index (χ0n) is 18.3. The Labute approximate surface area is 193 Å². The maximum Gasteiger partial charge on any atom is 0.268 e. The summed E-state index contributed by atoms with van der Waals surface area (Å²) < 4.78 is 5.55. The first-order valence-electron chi connectivity index (χ1n) is 11.0. The van der Waals surface area contributed by atoms with Crippen molar-refractivity contribution in [2.24, 2.45) is 0 Å². The summed E-state index contributed by atoms with van der Waals surface area (Å²) in [6.45, 7) is 3.90. The van der Waals surface area contributed by atoms with E-state index in [4.69, 9.17) is 4.74 Å². The molecule has 1 saturated heterocycles. The molecule has 1 aromatic heterocycles. The van der Waals surface area contributed by atoms with Gasteiger partial charge in [0, 0.05) is 18.8 Å². The third kappa shape index (κ3) is 5.64. The minimum absolute atomic E-state index is 0.0142. The molecule has 0 bridgehead atoms. The number of nitrogens with zero attached hydrogens (tertiary/aromatic N) is 1. The molecule has 2 amide bonds.